The summed E-state index contributed by atoms with van der Waals surface area (Å²) in [6.07, 6.45) is 0.717. The topological polar surface area (TPSA) is 83.5 Å². The molecule has 1 unspecified atom stereocenters. The van der Waals surface area contributed by atoms with Crippen LogP contribution in [0.4, 0.5) is 4.39 Å². The van der Waals surface area contributed by atoms with Crippen molar-refractivity contribution in [1.29, 1.82) is 0 Å². The largest absolute Gasteiger partial charge is 0.480 e. The molecule has 2 N–H and O–H groups in total. The quantitative estimate of drug-likeness (QED) is 0.841. The molecular formula is C13H18FNO4S. The highest BCUT2D eigenvalue weighted by molar-refractivity contribution is 7.89. The van der Waals surface area contributed by atoms with Crippen LogP contribution in [0, 0.1) is 19.7 Å². The number of nitrogens with one attached hydrogen (secondary N) is 1. The SMILES string of the molecule is CCCC(NS(=O)(=O)c1cc(C)c(F)c(C)c1)C(=O)O. The van der Waals surface area contributed by atoms with Crippen LogP contribution in [-0.4, -0.2) is 25.5 Å². The van der Waals surface area contributed by atoms with E-state index in [0.717, 1.165) is 0 Å². The van der Waals surface area contributed by atoms with E-state index in [1.54, 1.807) is 6.92 Å². The molecule has 0 amide bonds. The molecule has 20 heavy (non-hydrogen) atoms. The maximum atomic E-state index is 13.5. The molecular weight excluding hydrogens is 285 g/mol. The molecule has 0 aromatic heterocycles. The van der Waals surface area contributed by atoms with Crippen molar-refractivity contribution < 1.29 is 22.7 Å². The molecule has 0 aliphatic heterocycles. The number of carboxylic acid groups (broad SMARTS) is 1. The summed E-state index contributed by atoms with van der Waals surface area (Å²) in [4.78, 5) is 10.9. The molecule has 1 aromatic carbocycles. The fourth-order valence-corrected chi connectivity index (χ4v) is 3.23. The van der Waals surface area contributed by atoms with Crippen LogP contribution in [0.2, 0.25) is 0 Å². The van der Waals surface area contributed by atoms with E-state index in [1.165, 1.54) is 26.0 Å². The number of carbonyl (C=O) groups is 1. The van der Waals surface area contributed by atoms with E-state index in [9.17, 15) is 17.6 Å². The lowest BCUT2D eigenvalue weighted by Crippen LogP contribution is -2.40. The molecule has 7 heteroatoms. The molecule has 0 bridgehead atoms. The molecule has 0 saturated carbocycles. The molecule has 0 aliphatic rings. The van der Waals surface area contributed by atoms with Gasteiger partial charge in [0, 0.05) is 0 Å². The summed E-state index contributed by atoms with van der Waals surface area (Å²) < 4.78 is 39.9. The van der Waals surface area contributed by atoms with E-state index in [4.69, 9.17) is 5.11 Å². The predicted molar refractivity (Wildman–Crippen MR) is 72.5 cm³/mol. The zero-order chi connectivity index (χ0) is 15.5. The summed E-state index contributed by atoms with van der Waals surface area (Å²) >= 11 is 0. The van der Waals surface area contributed by atoms with Gasteiger partial charge in [-0.25, -0.2) is 12.8 Å². The molecule has 0 fully saturated rings. The Bertz CT molecular complexity index is 590. The van der Waals surface area contributed by atoms with Crippen molar-refractivity contribution in [2.24, 2.45) is 0 Å². The Morgan fingerprint density at radius 2 is 1.85 bits per heavy atom. The van der Waals surface area contributed by atoms with Crippen LogP contribution in [0.3, 0.4) is 0 Å². The highest BCUT2D eigenvalue weighted by atomic mass is 32.2. The number of halogens is 1. The maximum Gasteiger partial charge on any atom is 0.321 e. The summed E-state index contributed by atoms with van der Waals surface area (Å²) in [5, 5.41) is 8.98. The molecule has 0 heterocycles. The zero-order valence-corrected chi connectivity index (χ0v) is 12.4. The van der Waals surface area contributed by atoms with Crippen LogP contribution in [0.25, 0.3) is 0 Å². The molecule has 0 aliphatic carbocycles. The lowest BCUT2D eigenvalue weighted by molar-refractivity contribution is -0.139. The normalized spacial score (nSPS) is 13.2. The summed E-state index contributed by atoms with van der Waals surface area (Å²) in [5.41, 5.74) is 0.403. The van der Waals surface area contributed by atoms with Crippen LogP contribution < -0.4 is 4.72 Å². The second-order valence-electron chi connectivity index (χ2n) is 4.67. The monoisotopic (exact) mass is 303 g/mol. The smallest absolute Gasteiger partial charge is 0.321 e. The van der Waals surface area contributed by atoms with Gasteiger partial charge in [0.2, 0.25) is 10.0 Å². The van der Waals surface area contributed by atoms with Gasteiger partial charge < -0.3 is 5.11 Å². The average Bonchev–Trinajstić information content (AvgIpc) is 2.34. The van der Waals surface area contributed by atoms with Crippen LogP contribution in [0.15, 0.2) is 17.0 Å². The lowest BCUT2D eigenvalue weighted by Gasteiger charge is -2.15. The van der Waals surface area contributed by atoms with E-state index in [-0.39, 0.29) is 22.4 Å². The third kappa shape index (κ3) is 3.77. The molecule has 5 nitrogen and oxygen atoms in total. The lowest BCUT2D eigenvalue weighted by atomic mass is 10.1. The first-order valence-corrected chi connectivity index (χ1v) is 7.69. The van der Waals surface area contributed by atoms with E-state index < -0.39 is 27.9 Å². The van der Waals surface area contributed by atoms with Crippen LogP contribution in [0.5, 0.6) is 0 Å². The number of carboxylic acids is 1. The van der Waals surface area contributed by atoms with E-state index in [1.807, 2.05) is 0 Å². The highest BCUT2D eigenvalue weighted by Gasteiger charge is 2.25. The zero-order valence-electron chi connectivity index (χ0n) is 11.6. The van der Waals surface area contributed by atoms with Crippen molar-refractivity contribution in [3.8, 4) is 0 Å². The van der Waals surface area contributed by atoms with E-state index in [0.29, 0.717) is 6.42 Å². The third-order valence-electron chi connectivity index (χ3n) is 2.89. The standard InChI is InChI=1S/C13H18FNO4S/c1-4-5-11(13(16)17)15-20(18,19)10-6-8(2)12(14)9(3)7-10/h6-7,11,15H,4-5H2,1-3H3,(H,16,17). The van der Waals surface area contributed by atoms with Gasteiger partial charge in [0.15, 0.2) is 0 Å². The third-order valence-corrected chi connectivity index (χ3v) is 4.34. The van der Waals surface area contributed by atoms with Gasteiger partial charge >= 0.3 is 5.97 Å². The number of benzene rings is 1. The van der Waals surface area contributed by atoms with E-state index in [2.05, 4.69) is 4.72 Å². The Balaban J connectivity index is 3.14. The van der Waals surface area contributed by atoms with Gasteiger partial charge in [0.05, 0.1) is 4.90 Å². The molecule has 1 aromatic rings. The molecule has 112 valence electrons. The van der Waals surface area contributed by atoms with Gasteiger partial charge in [-0.1, -0.05) is 13.3 Å². The number of hydrogen-bond donors (Lipinski definition) is 2. The molecule has 0 saturated heterocycles. The number of rotatable bonds is 6. The van der Waals surface area contributed by atoms with Crippen LogP contribution in [0.1, 0.15) is 30.9 Å². The van der Waals surface area contributed by atoms with Crippen molar-refractivity contribution >= 4 is 16.0 Å². The predicted octanol–water partition coefficient (Wildman–Crippen LogP) is 1.97. The Morgan fingerprint density at radius 3 is 2.25 bits per heavy atom. The fraction of sp³-hybridized carbons (Fsp3) is 0.462. The molecule has 1 atom stereocenters. The maximum absolute atomic E-state index is 13.5. The van der Waals surface area contributed by atoms with Crippen LogP contribution >= 0.6 is 0 Å². The second kappa shape index (κ2) is 6.32. The number of aliphatic carboxylic acids is 1. The van der Waals surface area contributed by atoms with Gasteiger partial charge in [-0.2, -0.15) is 4.72 Å². The fourth-order valence-electron chi connectivity index (χ4n) is 1.84. The molecule has 0 spiro atoms. The van der Waals surface area contributed by atoms with E-state index >= 15 is 0 Å². The van der Waals surface area contributed by atoms with Gasteiger partial charge in [0.1, 0.15) is 11.9 Å². The minimum atomic E-state index is -3.99. The van der Waals surface area contributed by atoms with Crippen molar-refractivity contribution in [1.82, 2.24) is 4.72 Å². The number of hydrogen-bond acceptors (Lipinski definition) is 3. The first-order chi connectivity index (χ1) is 9.19. The van der Waals surface area contributed by atoms with Gasteiger partial charge in [-0.15, -0.1) is 0 Å². The summed E-state index contributed by atoms with van der Waals surface area (Å²) in [6, 6.07) is 1.20. The Kier molecular flexibility index (Phi) is 5.24. The summed E-state index contributed by atoms with van der Waals surface area (Å²) in [5.74, 6) is -1.70. The number of aryl methyl sites for hydroxylation is 2. The van der Waals surface area contributed by atoms with Crippen molar-refractivity contribution in [2.75, 3.05) is 0 Å². The Morgan fingerprint density at radius 1 is 1.35 bits per heavy atom. The minimum absolute atomic E-state index is 0.128. The van der Waals surface area contributed by atoms with Crippen molar-refractivity contribution in [3.63, 3.8) is 0 Å². The highest BCUT2D eigenvalue weighted by Crippen LogP contribution is 2.19. The summed E-state index contributed by atoms with van der Waals surface area (Å²) in [7, 11) is -3.99. The Hall–Kier alpha value is -1.47. The second-order valence-corrected chi connectivity index (χ2v) is 6.39. The van der Waals surface area contributed by atoms with Crippen LogP contribution in [-0.2, 0) is 14.8 Å². The Labute approximate surface area is 117 Å². The molecule has 0 radical (unpaired) electrons. The van der Waals surface area contributed by atoms with Gasteiger partial charge in [0.25, 0.3) is 0 Å². The first-order valence-electron chi connectivity index (χ1n) is 6.21. The van der Waals surface area contributed by atoms with Gasteiger partial charge in [-0.05, 0) is 43.5 Å². The summed E-state index contributed by atoms with van der Waals surface area (Å²) in [6.45, 7) is 4.68. The van der Waals surface area contributed by atoms with Gasteiger partial charge in [-0.3, -0.25) is 4.79 Å². The average molecular weight is 303 g/mol. The number of sulfonamides is 1. The minimum Gasteiger partial charge on any atom is -0.480 e. The van der Waals surface area contributed by atoms with Crippen molar-refractivity contribution in [2.45, 2.75) is 44.6 Å². The first kappa shape index (κ1) is 16.6. The molecule has 1 rings (SSSR count). The van der Waals surface area contributed by atoms with Crippen molar-refractivity contribution in [3.05, 3.63) is 29.1 Å².